The number of aromatic amines is 1. The van der Waals surface area contributed by atoms with E-state index < -0.39 is 5.97 Å². The van der Waals surface area contributed by atoms with Gasteiger partial charge in [0.1, 0.15) is 5.69 Å². The average Bonchev–Trinajstić information content (AvgIpc) is 3.04. The number of rotatable bonds is 3. The maximum absolute atomic E-state index is 12.2. The summed E-state index contributed by atoms with van der Waals surface area (Å²) in [6, 6.07) is 7.08. The molecular formula is C15H15ClN2O3. The number of halogens is 1. The van der Waals surface area contributed by atoms with Gasteiger partial charge in [-0.2, -0.15) is 0 Å². The molecule has 21 heavy (non-hydrogen) atoms. The highest BCUT2D eigenvalue weighted by molar-refractivity contribution is 6.31. The lowest BCUT2D eigenvalue weighted by molar-refractivity contribution is -0.141. The van der Waals surface area contributed by atoms with Crippen LogP contribution in [0.5, 0.6) is 0 Å². The number of H-pyrrole nitrogens is 1. The van der Waals surface area contributed by atoms with E-state index >= 15 is 0 Å². The summed E-state index contributed by atoms with van der Waals surface area (Å²) in [6.07, 6.45) is 1.81. The van der Waals surface area contributed by atoms with E-state index in [4.69, 9.17) is 16.7 Å². The van der Waals surface area contributed by atoms with Crippen LogP contribution in [0.4, 0.5) is 0 Å². The van der Waals surface area contributed by atoms with Gasteiger partial charge in [-0.25, -0.2) is 0 Å². The van der Waals surface area contributed by atoms with Crippen molar-refractivity contribution in [3.8, 4) is 0 Å². The Morgan fingerprint density at radius 1 is 1.29 bits per heavy atom. The average molecular weight is 307 g/mol. The van der Waals surface area contributed by atoms with E-state index in [1.165, 1.54) is 0 Å². The van der Waals surface area contributed by atoms with E-state index in [0.717, 1.165) is 10.9 Å². The van der Waals surface area contributed by atoms with Crippen molar-refractivity contribution < 1.29 is 14.7 Å². The van der Waals surface area contributed by atoms with Crippen LogP contribution in [0.3, 0.4) is 0 Å². The number of fused-ring (bicyclic) bond motifs is 1. The van der Waals surface area contributed by atoms with Gasteiger partial charge in [-0.15, -0.1) is 0 Å². The summed E-state index contributed by atoms with van der Waals surface area (Å²) in [4.78, 5) is 26.2. The minimum Gasteiger partial charge on any atom is -0.481 e. The van der Waals surface area contributed by atoms with Crippen molar-refractivity contribution in [2.75, 3.05) is 0 Å². The number of carbonyl (C=O) groups excluding carboxylic acids is 1. The number of hydrogen-bond acceptors (Lipinski definition) is 2. The SMILES string of the molecule is O=C(N[C@@H]1CC[C@H](C(=O)O)C1)c1cc2ccc(Cl)cc2[nH]1. The number of aliphatic carboxylic acids is 1. The second-order valence-electron chi connectivity index (χ2n) is 5.43. The van der Waals surface area contributed by atoms with Crippen LogP contribution >= 0.6 is 11.6 Å². The summed E-state index contributed by atoms with van der Waals surface area (Å²) >= 11 is 5.91. The lowest BCUT2D eigenvalue weighted by atomic mass is 10.1. The zero-order valence-corrected chi connectivity index (χ0v) is 12.0. The number of nitrogens with one attached hydrogen (secondary N) is 2. The van der Waals surface area contributed by atoms with Crippen LogP contribution in [0, 0.1) is 5.92 Å². The van der Waals surface area contributed by atoms with E-state index in [1.54, 1.807) is 18.2 Å². The van der Waals surface area contributed by atoms with Crippen molar-refractivity contribution in [3.05, 3.63) is 35.0 Å². The molecule has 1 fully saturated rings. The maximum atomic E-state index is 12.2. The van der Waals surface area contributed by atoms with Gasteiger partial charge in [0.15, 0.2) is 0 Å². The fourth-order valence-corrected chi connectivity index (χ4v) is 2.99. The Morgan fingerprint density at radius 2 is 2.10 bits per heavy atom. The highest BCUT2D eigenvalue weighted by Crippen LogP contribution is 2.26. The molecule has 1 aliphatic carbocycles. The Hall–Kier alpha value is -2.01. The third-order valence-corrected chi connectivity index (χ3v) is 4.18. The summed E-state index contributed by atoms with van der Waals surface area (Å²) < 4.78 is 0. The number of carboxylic acids is 1. The Balaban J connectivity index is 1.71. The van der Waals surface area contributed by atoms with E-state index in [0.29, 0.717) is 30.0 Å². The maximum Gasteiger partial charge on any atom is 0.306 e. The number of carboxylic acid groups (broad SMARTS) is 1. The van der Waals surface area contributed by atoms with Crippen LogP contribution in [0.25, 0.3) is 10.9 Å². The lowest BCUT2D eigenvalue weighted by Crippen LogP contribution is -2.33. The van der Waals surface area contributed by atoms with Gasteiger partial charge in [0.05, 0.1) is 5.92 Å². The quantitative estimate of drug-likeness (QED) is 0.815. The molecule has 2 aromatic rings. The van der Waals surface area contributed by atoms with E-state index in [2.05, 4.69) is 10.3 Å². The Bertz CT molecular complexity index is 710. The monoisotopic (exact) mass is 306 g/mol. The normalized spacial score (nSPS) is 21.6. The highest BCUT2D eigenvalue weighted by Gasteiger charge is 2.30. The molecule has 0 aliphatic heterocycles. The van der Waals surface area contributed by atoms with Gasteiger partial charge in [-0.3, -0.25) is 9.59 Å². The number of aromatic nitrogens is 1. The summed E-state index contributed by atoms with van der Waals surface area (Å²) in [5.41, 5.74) is 1.27. The first-order valence-corrected chi connectivity index (χ1v) is 7.22. The molecule has 1 aromatic carbocycles. The van der Waals surface area contributed by atoms with E-state index in [-0.39, 0.29) is 17.9 Å². The van der Waals surface area contributed by atoms with E-state index in [9.17, 15) is 9.59 Å². The largest absolute Gasteiger partial charge is 0.481 e. The van der Waals surface area contributed by atoms with Gasteiger partial charge >= 0.3 is 5.97 Å². The summed E-state index contributed by atoms with van der Waals surface area (Å²) in [5.74, 6) is -1.35. The molecule has 5 nitrogen and oxygen atoms in total. The zero-order valence-electron chi connectivity index (χ0n) is 11.2. The molecular weight excluding hydrogens is 292 g/mol. The molecule has 6 heteroatoms. The lowest BCUT2D eigenvalue weighted by Gasteiger charge is -2.11. The molecule has 1 amide bonds. The number of hydrogen-bond donors (Lipinski definition) is 3. The molecule has 1 heterocycles. The van der Waals surface area contributed by atoms with Gasteiger partial charge < -0.3 is 15.4 Å². The summed E-state index contributed by atoms with van der Waals surface area (Å²) in [5, 5.41) is 13.4. The van der Waals surface area contributed by atoms with Gasteiger partial charge in [0.2, 0.25) is 0 Å². The molecule has 1 aromatic heterocycles. The fourth-order valence-electron chi connectivity index (χ4n) is 2.82. The molecule has 1 saturated carbocycles. The Morgan fingerprint density at radius 3 is 2.81 bits per heavy atom. The summed E-state index contributed by atoms with van der Waals surface area (Å²) in [7, 11) is 0. The Kier molecular flexibility index (Phi) is 3.59. The number of amides is 1. The van der Waals surface area contributed by atoms with E-state index in [1.807, 2.05) is 6.07 Å². The number of carbonyl (C=O) groups is 2. The van der Waals surface area contributed by atoms with Gasteiger partial charge in [0.25, 0.3) is 5.91 Å². The highest BCUT2D eigenvalue weighted by atomic mass is 35.5. The second kappa shape index (κ2) is 5.41. The second-order valence-corrected chi connectivity index (χ2v) is 5.87. The molecule has 0 bridgehead atoms. The zero-order chi connectivity index (χ0) is 15.0. The molecule has 3 rings (SSSR count). The predicted octanol–water partition coefficient (Wildman–Crippen LogP) is 2.80. The first kappa shape index (κ1) is 13.9. The molecule has 3 N–H and O–H groups in total. The van der Waals surface area contributed by atoms with Crippen molar-refractivity contribution >= 4 is 34.4 Å². The van der Waals surface area contributed by atoms with Crippen LogP contribution in [-0.4, -0.2) is 28.0 Å². The molecule has 0 saturated heterocycles. The van der Waals surface area contributed by atoms with Gasteiger partial charge in [-0.1, -0.05) is 17.7 Å². The predicted molar refractivity (Wildman–Crippen MR) is 79.5 cm³/mol. The molecule has 0 unspecified atom stereocenters. The molecule has 0 radical (unpaired) electrons. The van der Waals surface area contributed by atoms with Crippen molar-refractivity contribution in [1.82, 2.24) is 10.3 Å². The smallest absolute Gasteiger partial charge is 0.306 e. The van der Waals surface area contributed by atoms with Crippen LogP contribution in [0.2, 0.25) is 5.02 Å². The van der Waals surface area contributed by atoms with Crippen molar-refractivity contribution in [2.45, 2.75) is 25.3 Å². The minimum atomic E-state index is -0.785. The molecule has 0 spiro atoms. The van der Waals surface area contributed by atoms with Crippen LogP contribution in [0.1, 0.15) is 29.8 Å². The van der Waals surface area contributed by atoms with Crippen molar-refractivity contribution in [1.29, 1.82) is 0 Å². The van der Waals surface area contributed by atoms with Crippen molar-refractivity contribution in [3.63, 3.8) is 0 Å². The standard InChI is InChI=1S/C15H15ClN2O3/c16-10-3-1-8-6-13(18-12(8)7-10)14(19)17-11-4-2-9(5-11)15(20)21/h1,3,6-7,9,11,18H,2,4-5H2,(H,17,19)(H,20,21)/t9-,11+/m0/s1. The first-order valence-electron chi connectivity index (χ1n) is 6.85. The minimum absolute atomic E-state index is 0.0754. The molecule has 1 aliphatic rings. The van der Waals surface area contributed by atoms with Crippen LogP contribution < -0.4 is 5.32 Å². The number of benzene rings is 1. The van der Waals surface area contributed by atoms with Gasteiger partial charge in [-0.05, 0) is 37.5 Å². The molecule has 110 valence electrons. The summed E-state index contributed by atoms with van der Waals surface area (Å²) in [6.45, 7) is 0. The topological polar surface area (TPSA) is 82.2 Å². The third-order valence-electron chi connectivity index (χ3n) is 3.95. The van der Waals surface area contributed by atoms with Crippen LogP contribution in [0.15, 0.2) is 24.3 Å². The van der Waals surface area contributed by atoms with Crippen molar-refractivity contribution in [2.24, 2.45) is 5.92 Å². The molecule has 2 atom stereocenters. The van der Waals surface area contributed by atoms with Gasteiger partial charge in [0, 0.05) is 22.0 Å². The van der Waals surface area contributed by atoms with Crippen LogP contribution in [-0.2, 0) is 4.79 Å². The first-order chi connectivity index (χ1) is 10.0. The Labute approximate surface area is 126 Å². The fraction of sp³-hybridized carbons (Fsp3) is 0.333. The third kappa shape index (κ3) is 2.88.